The molecule has 0 aromatic rings. The molecule has 1 N–H and O–H groups in total. The molecule has 0 saturated carbocycles. The number of amides is 1. The molecule has 7 heteroatoms. The number of sulfone groups is 1. The van der Waals surface area contributed by atoms with Crippen molar-refractivity contribution < 1.29 is 13.2 Å². The molecule has 1 aliphatic rings. The molecule has 1 saturated heterocycles. The van der Waals surface area contributed by atoms with Gasteiger partial charge in [-0.2, -0.15) is 0 Å². The highest BCUT2D eigenvalue weighted by atomic mass is 35.5. The molecule has 20 heavy (non-hydrogen) atoms. The maximum atomic E-state index is 12.2. The van der Waals surface area contributed by atoms with Crippen LogP contribution in [0.2, 0.25) is 0 Å². The number of hydrogen-bond acceptors (Lipinski definition) is 4. The van der Waals surface area contributed by atoms with E-state index in [-0.39, 0.29) is 41.9 Å². The SMILES string of the molecule is CCN(C(=O)CC1CCCN1)C(C)CS(=O)(=O)CC.Cl. The highest BCUT2D eigenvalue weighted by Crippen LogP contribution is 2.13. The van der Waals surface area contributed by atoms with Crippen LogP contribution in [0.5, 0.6) is 0 Å². The maximum Gasteiger partial charge on any atom is 0.224 e. The molecular formula is C13H27ClN2O3S. The van der Waals surface area contributed by atoms with Gasteiger partial charge in [0.25, 0.3) is 0 Å². The molecular weight excluding hydrogens is 300 g/mol. The second-order valence-corrected chi connectivity index (χ2v) is 7.62. The number of carbonyl (C=O) groups is 1. The third-order valence-electron chi connectivity index (χ3n) is 3.71. The van der Waals surface area contributed by atoms with Gasteiger partial charge in [0.05, 0.1) is 5.75 Å². The molecule has 0 aliphatic carbocycles. The summed E-state index contributed by atoms with van der Waals surface area (Å²) in [6.07, 6.45) is 2.62. The summed E-state index contributed by atoms with van der Waals surface area (Å²) in [6.45, 7) is 6.89. The lowest BCUT2D eigenvalue weighted by Gasteiger charge is -2.29. The third-order valence-corrected chi connectivity index (χ3v) is 5.58. The van der Waals surface area contributed by atoms with Crippen molar-refractivity contribution in [3.8, 4) is 0 Å². The summed E-state index contributed by atoms with van der Waals surface area (Å²) >= 11 is 0. The maximum absolute atomic E-state index is 12.2. The van der Waals surface area contributed by atoms with Gasteiger partial charge in [0.2, 0.25) is 5.91 Å². The fourth-order valence-corrected chi connectivity index (χ4v) is 3.72. The van der Waals surface area contributed by atoms with Crippen LogP contribution < -0.4 is 5.32 Å². The Kier molecular flexibility index (Phi) is 8.70. The lowest BCUT2D eigenvalue weighted by molar-refractivity contribution is -0.133. The van der Waals surface area contributed by atoms with Crippen LogP contribution in [0.1, 0.15) is 40.0 Å². The predicted molar refractivity (Wildman–Crippen MR) is 84.1 cm³/mol. The summed E-state index contributed by atoms with van der Waals surface area (Å²) in [7, 11) is -3.04. The Hall–Kier alpha value is -0.330. The van der Waals surface area contributed by atoms with Gasteiger partial charge in [0, 0.05) is 30.8 Å². The Morgan fingerprint density at radius 3 is 2.50 bits per heavy atom. The molecule has 0 bridgehead atoms. The van der Waals surface area contributed by atoms with Gasteiger partial charge in [-0.05, 0) is 33.2 Å². The van der Waals surface area contributed by atoms with E-state index in [1.165, 1.54) is 0 Å². The Morgan fingerprint density at radius 1 is 1.40 bits per heavy atom. The molecule has 1 aliphatic heterocycles. The lowest BCUT2D eigenvalue weighted by Crippen LogP contribution is -2.44. The zero-order chi connectivity index (χ0) is 14.5. The lowest BCUT2D eigenvalue weighted by atomic mass is 10.1. The molecule has 2 atom stereocenters. The Morgan fingerprint density at radius 2 is 2.05 bits per heavy atom. The van der Waals surface area contributed by atoms with Crippen LogP contribution in [-0.2, 0) is 14.6 Å². The topological polar surface area (TPSA) is 66.5 Å². The molecule has 0 spiro atoms. The average molecular weight is 327 g/mol. The molecule has 1 fully saturated rings. The van der Waals surface area contributed by atoms with Crippen LogP contribution >= 0.6 is 12.4 Å². The Bertz CT molecular complexity index is 394. The minimum absolute atomic E-state index is 0. The second-order valence-electron chi connectivity index (χ2n) is 5.23. The van der Waals surface area contributed by atoms with Crippen molar-refractivity contribution in [3.63, 3.8) is 0 Å². The second kappa shape index (κ2) is 8.85. The van der Waals surface area contributed by atoms with Crippen LogP contribution in [0, 0.1) is 0 Å². The summed E-state index contributed by atoms with van der Waals surface area (Å²) in [5.74, 6) is 0.245. The molecule has 0 radical (unpaired) electrons. The van der Waals surface area contributed by atoms with Crippen LogP contribution in [0.15, 0.2) is 0 Å². The van der Waals surface area contributed by atoms with Crippen molar-refractivity contribution in [3.05, 3.63) is 0 Å². The van der Waals surface area contributed by atoms with Crippen molar-refractivity contribution in [1.29, 1.82) is 0 Å². The summed E-state index contributed by atoms with van der Waals surface area (Å²) in [5.41, 5.74) is 0. The number of hydrogen-bond donors (Lipinski definition) is 1. The van der Waals surface area contributed by atoms with E-state index in [2.05, 4.69) is 5.32 Å². The molecule has 120 valence electrons. The minimum atomic E-state index is -3.04. The first-order valence-electron chi connectivity index (χ1n) is 7.12. The van der Waals surface area contributed by atoms with E-state index in [4.69, 9.17) is 0 Å². The molecule has 0 aromatic heterocycles. The standard InChI is InChI=1S/C13H26N2O3S.ClH/c1-4-15(11(3)10-19(17,18)5-2)13(16)9-12-7-6-8-14-12;/h11-12,14H,4-10H2,1-3H3;1H. The van der Waals surface area contributed by atoms with Crippen LogP contribution in [0.25, 0.3) is 0 Å². The van der Waals surface area contributed by atoms with E-state index in [0.717, 1.165) is 19.4 Å². The van der Waals surface area contributed by atoms with Gasteiger partial charge in [-0.25, -0.2) is 8.42 Å². The molecule has 0 aromatic carbocycles. The smallest absolute Gasteiger partial charge is 0.224 e. The van der Waals surface area contributed by atoms with Gasteiger partial charge in [0.1, 0.15) is 0 Å². The van der Waals surface area contributed by atoms with Gasteiger partial charge in [0.15, 0.2) is 9.84 Å². The third kappa shape index (κ3) is 5.97. The largest absolute Gasteiger partial charge is 0.339 e. The summed E-state index contributed by atoms with van der Waals surface area (Å²) in [5, 5.41) is 3.30. The summed E-state index contributed by atoms with van der Waals surface area (Å²) < 4.78 is 23.3. The number of halogens is 1. The quantitative estimate of drug-likeness (QED) is 0.764. The van der Waals surface area contributed by atoms with Crippen LogP contribution in [0.3, 0.4) is 0 Å². The van der Waals surface area contributed by atoms with E-state index >= 15 is 0 Å². The van der Waals surface area contributed by atoms with E-state index in [0.29, 0.717) is 13.0 Å². The minimum Gasteiger partial charge on any atom is -0.339 e. The zero-order valence-electron chi connectivity index (χ0n) is 12.6. The first-order valence-corrected chi connectivity index (χ1v) is 8.95. The Balaban J connectivity index is 0.00000361. The van der Waals surface area contributed by atoms with Gasteiger partial charge < -0.3 is 10.2 Å². The zero-order valence-corrected chi connectivity index (χ0v) is 14.2. The molecule has 1 heterocycles. The van der Waals surface area contributed by atoms with Crippen LogP contribution in [-0.4, -0.2) is 55.9 Å². The monoisotopic (exact) mass is 326 g/mol. The fourth-order valence-electron chi connectivity index (χ4n) is 2.57. The molecule has 5 nitrogen and oxygen atoms in total. The Labute approximate surface area is 128 Å². The van der Waals surface area contributed by atoms with Crippen molar-refractivity contribution >= 4 is 28.2 Å². The van der Waals surface area contributed by atoms with Gasteiger partial charge in [-0.3, -0.25) is 4.79 Å². The van der Waals surface area contributed by atoms with Crippen molar-refractivity contribution in [2.24, 2.45) is 0 Å². The van der Waals surface area contributed by atoms with E-state index < -0.39 is 9.84 Å². The van der Waals surface area contributed by atoms with Gasteiger partial charge in [-0.1, -0.05) is 6.92 Å². The summed E-state index contributed by atoms with van der Waals surface area (Å²) in [6, 6.07) is 0.0142. The average Bonchev–Trinajstić information content (AvgIpc) is 2.82. The first kappa shape index (κ1) is 19.7. The number of nitrogens with one attached hydrogen (secondary N) is 1. The number of nitrogens with zero attached hydrogens (tertiary/aromatic N) is 1. The molecule has 1 amide bonds. The molecule has 1 rings (SSSR count). The van der Waals surface area contributed by atoms with E-state index in [1.54, 1.807) is 11.8 Å². The van der Waals surface area contributed by atoms with Gasteiger partial charge in [-0.15, -0.1) is 12.4 Å². The summed E-state index contributed by atoms with van der Waals surface area (Å²) in [4.78, 5) is 13.9. The van der Waals surface area contributed by atoms with Crippen molar-refractivity contribution in [2.75, 3.05) is 24.6 Å². The van der Waals surface area contributed by atoms with Gasteiger partial charge >= 0.3 is 0 Å². The van der Waals surface area contributed by atoms with E-state index in [9.17, 15) is 13.2 Å². The van der Waals surface area contributed by atoms with Crippen LogP contribution in [0.4, 0.5) is 0 Å². The number of rotatable bonds is 7. The normalized spacial score (nSPS) is 20.2. The predicted octanol–water partition coefficient (Wildman–Crippen LogP) is 1.22. The fraction of sp³-hybridized carbons (Fsp3) is 0.923. The van der Waals surface area contributed by atoms with Crippen molar-refractivity contribution in [1.82, 2.24) is 10.2 Å². The van der Waals surface area contributed by atoms with E-state index in [1.807, 2.05) is 13.8 Å². The number of carbonyl (C=O) groups excluding carboxylic acids is 1. The molecule has 2 unspecified atom stereocenters. The highest BCUT2D eigenvalue weighted by molar-refractivity contribution is 7.91. The first-order chi connectivity index (χ1) is 8.89. The highest BCUT2D eigenvalue weighted by Gasteiger charge is 2.26. The van der Waals surface area contributed by atoms with Crippen molar-refractivity contribution in [2.45, 2.75) is 52.1 Å².